The Kier molecular flexibility index (Phi) is 4.78. The molecule has 0 fully saturated rings. The largest absolute Gasteiger partial charge is 0.398 e. The lowest BCUT2D eigenvalue weighted by Gasteiger charge is -2.03. The molecule has 0 spiro atoms. The Morgan fingerprint density at radius 1 is 1.60 bits per heavy atom. The number of hydrogen-bond donors (Lipinski definition) is 2. The number of halogens is 1. The number of thioether (sulfide) groups is 1. The molecule has 0 saturated carbocycles. The molecule has 0 atom stereocenters. The highest BCUT2D eigenvalue weighted by molar-refractivity contribution is 7.99. The van der Waals surface area contributed by atoms with Gasteiger partial charge in [-0.25, -0.2) is 0 Å². The minimum Gasteiger partial charge on any atom is -0.398 e. The molecule has 0 heterocycles. The maximum absolute atomic E-state index is 11.0. The zero-order valence-electron chi connectivity index (χ0n) is 8.42. The second kappa shape index (κ2) is 5.88. The van der Waals surface area contributed by atoms with Crippen molar-refractivity contribution in [3.8, 4) is 0 Å². The number of nitrogens with two attached hydrogens (primary N) is 1. The number of benzene rings is 1. The molecule has 1 aromatic carbocycles. The lowest BCUT2D eigenvalue weighted by atomic mass is 10.3. The maximum Gasteiger partial charge on any atom is 0.220 e. The molecular formula is C10H13ClN2OS. The van der Waals surface area contributed by atoms with Gasteiger partial charge in [-0.2, -0.15) is 0 Å². The van der Waals surface area contributed by atoms with Crippen LogP contribution in [0, 0.1) is 0 Å². The second-order valence-electron chi connectivity index (χ2n) is 2.95. The SMILES string of the molecule is CNC(=O)CCSc1ccc(N)c(Cl)c1. The standard InChI is InChI=1S/C10H13ClN2OS/c1-13-10(14)4-5-15-7-2-3-9(12)8(11)6-7/h2-3,6H,4-5,12H2,1H3,(H,13,14). The Labute approximate surface area is 98.4 Å². The van der Waals surface area contributed by atoms with Crippen LogP contribution in [-0.2, 0) is 4.79 Å². The summed E-state index contributed by atoms with van der Waals surface area (Å²) in [6.07, 6.45) is 0.503. The van der Waals surface area contributed by atoms with Gasteiger partial charge in [0.15, 0.2) is 0 Å². The zero-order valence-corrected chi connectivity index (χ0v) is 9.99. The Bertz CT molecular complexity index is 357. The number of anilines is 1. The Hall–Kier alpha value is -0.870. The van der Waals surface area contributed by atoms with Gasteiger partial charge in [-0.3, -0.25) is 4.79 Å². The summed E-state index contributed by atoms with van der Waals surface area (Å²) in [5.74, 6) is 0.781. The summed E-state index contributed by atoms with van der Waals surface area (Å²) in [6, 6.07) is 5.48. The molecule has 0 aromatic heterocycles. The van der Waals surface area contributed by atoms with Crippen molar-refractivity contribution in [1.29, 1.82) is 0 Å². The molecule has 82 valence electrons. The van der Waals surface area contributed by atoms with Crippen molar-refractivity contribution in [3.05, 3.63) is 23.2 Å². The van der Waals surface area contributed by atoms with Crippen LogP contribution < -0.4 is 11.1 Å². The van der Waals surface area contributed by atoms with Crippen LogP contribution >= 0.6 is 23.4 Å². The number of nitrogen functional groups attached to an aromatic ring is 1. The third-order valence-electron chi connectivity index (χ3n) is 1.85. The normalized spacial score (nSPS) is 10.0. The van der Waals surface area contributed by atoms with Crippen molar-refractivity contribution in [2.24, 2.45) is 0 Å². The number of amides is 1. The van der Waals surface area contributed by atoms with E-state index >= 15 is 0 Å². The first-order valence-corrected chi connectivity index (χ1v) is 5.88. The van der Waals surface area contributed by atoms with Crippen LogP contribution in [0.4, 0.5) is 5.69 Å². The number of carbonyl (C=O) groups is 1. The fraction of sp³-hybridized carbons (Fsp3) is 0.300. The second-order valence-corrected chi connectivity index (χ2v) is 4.53. The number of rotatable bonds is 4. The molecule has 1 rings (SSSR count). The predicted octanol–water partition coefficient (Wildman–Crippen LogP) is 2.15. The van der Waals surface area contributed by atoms with E-state index in [9.17, 15) is 4.79 Å². The van der Waals surface area contributed by atoms with E-state index in [1.165, 1.54) is 0 Å². The van der Waals surface area contributed by atoms with Crippen LogP contribution in [0.15, 0.2) is 23.1 Å². The molecule has 1 aromatic rings. The minimum absolute atomic E-state index is 0.0454. The molecule has 0 bridgehead atoms. The topological polar surface area (TPSA) is 55.1 Å². The summed E-state index contributed by atoms with van der Waals surface area (Å²) >= 11 is 7.45. The van der Waals surface area contributed by atoms with E-state index in [0.717, 1.165) is 10.6 Å². The van der Waals surface area contributed by atoms with Gasteiger partial charge >= 0.3 is 0 Å². The van der Waals surface area contributed by atoms with Crippen molar-refractivity contribution in [2.75, 3.05) is 18.5 Å². The molecule has 0 radical (unpaired) electrons. The van der Waals surface area contributed by atoms with E-state index in [2.05, 4.69) is 5.32 Å². The first-order valence-electron chi connectivity index (χ1n) is 4.52. The van der Waals surface area contributed by atoms with Gasteiger partial charge < -0.3 is 11.1 Å². The maximum atomic E-state index is 11.0. The highest BCUT2D eigenvalue weighted by Gasteiger charge is 2.01. The quantitative estimate of drug-likeness (QED) is 0.630. The summed E-state index contributed by atoms with van der Waals surface area (Å²) in [4.78, 5) is 12.0. The van der Waals surface area contributed by atoms with E-state index in [0.29, 0.717) is 17.1 Å². The van der Waals surface area contributed by atoms with Crippen molar-refractivity contribution < 1.29 is 4.79 Å². The van der Waals surface area contributed by atoms with Gasteiger partial charge in [0.2, 0.25) is 5.91 Å². The average molecular weight is 245 g/mol. The first-order chi connectivity index (χ1) is 7.13. The van der Waals surface area contributed by atoms with Crippen LogP contribution in [0.25, 0.3) is 0 Å². The molecule has 5 heteroatoms. The van der Waals surface area contributed by atoms with Crippen LogP contribution in [0.2, 0.25) is 5.02 Å². The van der Waals surface area contributed by atoms with Gasteiger partial charge in [-0.15, -0.1) is 11.8 Å². The van der Waals surface area contributed by atoms with Crippen LogP contribution in [0.1, 0.15) is 6.42 Å². The summed E-state index contributed by atoms with van der Waals surface area (Å²) in [6.45, 7) is 0. The van der Waals surface area contributed by atoms with Crippen molar-refractivity contribution in [3.63, 3.8) is 0 Å². The number of nitrogens with one attached hydrogen (secondary N) is 1. The highest BCUT2D eigenvalue weighted by Crippen LogP contribution is 2.26. The monoisotopic (exact) mass is 244 g/mol. The van der Waals surface area contributed by atoms with Crippen molar-refractivity contribution in [2.45, 2.75) is 11.3 Å². The van der Waals surface area contributed by atoms with E-state index in [4.69, 9.17) is 17.3 Å². The molecule has 3 nitrogen and oxygen atoms in total. The van der Waals surface area contributed by atoms with Crippen LogP contribution in [0.3, 0.4) is 0 Å². The molecule has 0 saturated heterocycles. The molecule has 15 heavy (non-hydrogen) atoms. The summed E-state index contributed by atoms with van der Waals surface area (Å²) in [7, 11) is 1.63. The zero-order chi connectivity index (χ0) is 11.3. The van der Waals surface area contributed by atoms with Crippen molar-refractivity contribution >= 4 is 35.0 Å². The fourth-order valence-corrected chi connectivity index (χ4v) is 2.12. The van der Waals surface area contributed by atoms with Gasteiger partial charge in [0, 0.05) is 24.1 Å². The molecule has 0 aliphatic rings. The average Bonchev–Trinajstić information content (AvgIpc) is 2.23. The van der Waals surface area contributed by atoms with Crippen molar-refractivity contribution in [1.82, 2.24) is 5.32 Å². The fourth-order valence-electron chi connectivity index (χ4n) is 0.984. The third kappa shape index (κ3) is 4.01. The third-order valence-corrected chi connectivity index (χ3v) is 3.17. The molecule has 1 amide bonds. The van der Waals surface area contributed by atoms with Gasteiger partial charge in [0.05, 0.1) is 10.7 Å². The van der Waals surface area contributed by atoms with Gasteiger partial charge in [-0.1, -0.05) is 11.6 Å². The molecular weight excluding hydrogens is 232 g/mol. The van der Waals surface area contributed by atoms with Gasteiger partial charge in [0.1, 0.15) is 0 Å². The van der Waals surface area contributed by atoms with E-state index in [-0.39, 0.29) is 5.91 Å². The molecule has 0 aliphatic carbocycles. The minimum atomic E-state index is 0.0454. The lowest BCUT2D eigenvalue weighted by Crippen LogP contribution is -2.17. The smallest absolute Gasteiger partial charge is 0.220 e. The lowest BCUT2D eigenvalue weighted by molar-refractivity contribution is -0.120. The Balaban J connectivity index is 2.44. The number of carbonyl (C=O) groups excluding carboxylic acids is 1. The molecule has 3 N–H and O–H groups in total. The summed E-state index contributed by atoms with van der Waals surface area (Å²) in [5.41, 5.74) is 6.16. The van der Waals surface area contributed by atoms with E-state index in [1.807, 2.05) is 12.1 Å². The molecule has 0 aliphatic heterocycles. The van der Waals surface area contributed by atoms with Crippen LogP contribution in [0.5, 0.6) is 0 Å². The van der Waals surface area contributed by atoms with Gasteiger partial charge in [0.25, 0.3) is 0 Å². The van der Waals surface area contributed by atoms with E-state index < -0.39 is 0 Å². The Morgan fingerprint density at radius 2 is 2.33 bits per heavy atom. The number of hydrogen-bond acceptors (Lipinski definition) is 3. The van der Waals surface area contributed by atoms with Crippen LogP contribution in [-0.4, -0.2) is 18.7 Å². The summed E-state index contributed by atoms with van der Waals surface area (Å²) < 4.78 is 0. The first kappa shape index (κ1) is 12.2. The van der Waals surface area contributed by atoms with E-state index in [1.54, 1.807) is 24.9 Å². The van der Waals surface area contributed by atoms with Gasteiger partial charge in [-0.05, 0) is 18.2 Å². The molecule has 0 unspecified atom stereocenters. The Morgan fingerprint density at radius 3 is 2.93 bits per heavy atom. The highest BCUT2D eigenvalue weighted by atomic mass is 35.5. The summed E-state index contributed by atoms with van der Waals surface area (Å²) in [5, 5.41) is 3.13. The predicted molar refractivity (Wildman–Crippen MR) is 65.3 cm³/mol.